The van der Waals surface area contributed by atoms with Crippen molar-refractivity contribution in [3.8, 4) is 27.8 Å². The van der Waals surface area contributed by atoms with Gasteiger partial charge in [0.25, 0.3) is 0 Å². The number of aryl methyl sites for hydroxylation is 2. The molecular formula is C20H17NO4S. The summed E-state index contributed by atoms with van der Waals surface area (Å²) in [5.74, 6) is 1.22. The van der Waals surface area contributed by atoms with E-state index in [0.29, 0.717) is 27.8 Å². The van der Waals surface area contributed by atoms with Crippen LogP contribution in [0, 0.1) is 6.92 Å². The zero-order valence-electron chi connectivity index (χ0n) is 14.4. The van der Waals surface area contributed by atoms with E-state index in [1.165, 1.54) is 16.9 Å². The molecule has 0 N–H and O–H groups in total. The maximum Gasteiger partial charge on any atom is 0.355 e. The van der Waals surface area contributed by atoms with Crippen LogP contribution in [0.15, 0.2) is 42.5 Å². The molecule has 0 amide bonds. The molecule has 1 aromatic heterocycles. The van der Waals surface area contributed by atoms with Gasteiger partial charge >= 0.3 is 5.97 Å². The quantitative estimate of drug-likeness (QED) is 0.497. The Morgan fingerprint density at radius 1 is 1.15 bits per heavy atom. The molecule has 2 aromatic carbocycles. The van der Waals surface area contributed by atoms with Crippen LogP contribution in [0.25, 0.3) is 10.6 Å². The average molecular weight is 367 g/mol. The Hall–Kier alpha value is -2.86. The molecule has 0 aliphatic carbocycles. The first-order valence-corrected chi connectivity index (χ1v) is 9.14. The molecule has 0 spiro atoms. The van der Waals surface area contributed by atoms with Crippen molar-refractivity contribution in [3.05, 3.63) is 58.6 Å². The van der Waals surface area contributed by atoms with E-state index in [4.69, 9.17) is 14.2 Å². The van der Waals surface area contributed by atoms with E-state index in [2.05, 4.69) is 24.0 Å². The molecule has 3 aromatic rings. The Balaban J connectivity index is 1.55. The van der Waals surface area contributed by atoms with Crippen LogP contribution in [0.1, 0.15) is 27.9 Å². The zero-order valence-corrected chi connectivity index (χ0v) is 15.3. The maximum atomic E-state index is 12.6. The summed E-state index contributed by atoms with van der Waals surface area (Å²) < 4.78 is 16.1. The highest BCUT2D eigenvalue weighted by molar-refractivity contribution is 7.17. The van der Waals surface area contributed by atoms with Crippen LogP contribution in [0.4, 0.5) is 0 Å². The van der Waals surface area contributed by atoms with Gasteiger partial charge in [-0.05, 0) is 31.0 Å². The molecule has 132 valence electrons. The predicted molar refractivity (Wildman–Crippen MR) is 99.2 cm³/mol. The Kier molecular flexibility index (Phi) is 4.34. The van der Waals surface area contributed by atoms with Gasteiger partial charge in [-0.25, -0.2) is 9.78 Å². The van der Waals surface area contributed by atoms with Crippen LogP contribution in [0.3, 0.4) is 0 Å². The Morgan fingerprint density at radius 2 is 1.92 bits per heavy atom. The minimum Gasteiger partial charge on any atom is -0.454 e. The van der Waals surface area contributed by atoms with E-state index < -0.39 is 5.97 Å². The van der Waals surface area contributed by atoms with Crippen LogP contribution in [0.2, 0.25) is 0 Å². The van der Waals surface area contributed by atoms with Crippen molar-refractivity contribution < 1.29 is 19.0 Å². The third kappa shape index (κ3) is 3.15. The summed E-state index contributed by atoms with van der Waals surface area (Å²) in [4.78, 5) is 17.6. The van der Waals surface area contributed by atoms with Gasteiger partial charge in [0, 0.05) is 11.6 Å². The van der Waals surface area contributed by atoms with Crippen molar-refractivity contribution in [2.24, 2.45) is 0 Å². The fourth-order valence-electron chi connectivity index (χ4n) is 2.69. The molecule has 6 heteroatoms. The second kappa shape index (κ2) is 6.80. The van der Waals surface area contributed by atoms with Crippen molar-refractivity contribution in [2.45, 2.75) is 20.3 Å². The molecule has 0 radical (unpaired) electrons. The number of ether oxygens (including phenoxy) is 3. The highest BCUT2D eigenvalue weighted by Gasteiger charge is 2.20. The molecule has 0 fully saturated rings. The number of carbonyl (C=O) groups is 1. The van der Waals surface area contributed by atoms with Gasteiger partial charge in [0.2, 0.25) is 6.79 Å². The Bertz CT molecular complexity index is 962. The molecule has 4 rings (SSSR count). The summed E-state index contributed by atoms with van der Waals surface area (Å²) in [5, 5.41) is 0.808. The number of carbonyl (C=O) groups excluding carboxylic acids is 1. The Morgan fingerprint density at radius 3 is 2.69 bits per heavy atom. The molecule has 0 saturated carbocycles. The van der Waals surface area contributed by atoms with Gasteiger partial charge in [0.05, 0.1) is 5.69 Å². The van der Waals surface area contributed by atoms with Gasteiger partial charge in [0.1, 0.15) is 15.6 Å². The number of benzene rings is 2. The highest BCUT2D eigenvalue weighted by atomic mass is 32.1. The lowest BCUT2D eigenvalue weighted by Crippen LogP contribution is -2.07. The monoisotopic (exact) mass is 367 g/mol. The largest absolute Gasteiger partial charge is 0.454 e. The number of esters is 1. The molecule has 5 nitrogen and oxygen atoms in total. The molecule has 2 heterocycles. The first-order valence-electron chi connectivity index (χ1n) is 8.32. The van der Waals surface area contributed by atoms with Gasteiger partial charge in [-0.1, -0.05) is 31.2 Å². The smallest absolute Gasteiger partial charge is 0.355 e. The van der Waals surface area contributed by atoms with E-state index in [9.17, 15) is 4.79 Å². The lowest BCUT2D eigenvalue weighted by atomic mass is 10.1. The normalized spacial score (nSPS) is 12.2. The number of thiazole rings is 1. The van der Waals surface area contributed by atoms with Gasteiger partial charge in [0.15, 0.2) is 11.5 Å². The van der Waals surface area contributed by atoms with Crippen molar-refractivity contribution in [1.29, 1.82) is 0 Å². The third-order valence-corrected chi connectivity index (χ3v) is 5.33. The summed E-state index contributed by atoms with van der Waals surface area (Å²) >= 11 is 1.34. The van der Waals surface area contributed by atoms with Gasteiger partial charge in [-0.3, -0.25) is 0 Å². The molecule has 0 unspecified atom stereocenters. The van der Waals surface area contributed by atoms with E-state index in [0.717, 1.165) is 17.0 Å². The summed E-state index contributed by atoms with van der Waals surface area (Å²) in [6.45, 7) is 4.12. The summed E-state index contributed by atoms with van der Waals surface area (Å²) in [7, 11) is 0. The van der Waals surface area contributed by atoms with Gasteiger partial charge < -0.3 is 14.2 Å². The second-order valence-electron chi connectivity index (χ2n) is 5.89. The summed E-state index contributed by atoms with van der Waals surface area (Å²) in [6, 6.07) is 13.3. The highest BCUT2D eigenvalue weighted by Crippen LogP contribution is 2.36. The molecule has 0 bridgehead atoms. The van der Waals surface area contributed by atoms with Gasteiger partial charge in [-0.15, -0.1) is 11.3 Å². The van der Waals surface area contributed by atoms with E-state index in [1.807, 2.05) is 19.1 Å². The average Bonchev–Trinajstić information content (AvgIpc) is 3.27. The minimum atomic E-state index is -0.421. The standard InChI is InChI=1S/C20H17NO4S/c1-3-13-4-6-14(7-5-13)19-21-12(2)18(26-19)20(22)25-15-8-9-16-17(10-15)24-11-23-16/h4-10H,3,11H2,1-2H3. The first kappa shape index (κ1) is 16.6. The Labute approximate surface area is 155 Å². The van der Waals surface area contributed by atoms with Crippen LogP contribution in [-0.2, 0) is 6.42 Å². The van der Waals surface area contributed by atoms with E-state index in [1.54, 1.807) is 18.2 Å². The lowest BCUT2D eigenvalue weighted by molar-refractivity contribution is 0.0738. The summed E-state index contributed by atoms with van der Waals surface area (Å²) in [5.41, 5.74) is 2.93. The minimum absolute atomic E-state index is 0.181. The third-order valence-electron chi connectivity index (χ3n) is 4.15. The topological polar surface area (TPSA) is 57.7 Å². The molecule has 0 saturated heterocycles. The van der Waals surface area contributed by atoms with Crippen LogP contribution < -0.4 is 14.2 Å². The zero-order chi connectivity index (χ0) is 18.1. The first-order chi connectivity index (χ1) is 12.6. The van der Waals surface area contributed by atoms with Crippen molar-refractivity contribution in [1.82, 2.24) is 4.98 Å². The molecule has 1 aliphatic rings. The fraction of sp³-hybridized carbons (Fsp3) is 0.200. The number of aromatic nitrogens is 1. The van der Waals surface area contributed by atoms with E-state index >= 15 is 0 Å². The molecule has 1 aliphatic heterocycles. The molecule has 26 heavy (non-hydrogen) atoms. The number of rotatable bonds is 4. The van der Waals surface area contributed by atoms with Crippen molar-refractivity contribution in [2.75, 3.05) is 6.79 Å². The molecular weight excluding hydrogens is 350 g/mol. The molecule has 0 atom stereocenters. The maximum absolute atomic E-state index is 12.6. The lowest BCUT2D eigenvalue weighted by Gasteiger charge is -2.04. The van der Waals surface area contributed by atoms with Crippen LogP contribution in [-0.4, -0.2) is 17.7 Å². The van der Waals surface area contributed by atoms with E-state index in [-0.39, 0.29) is 6.79 Å². The second-order valence-corrected chi connectivity index (χ2v) is 6.89. The predicted octanol–water partition coefficient (Wildman–Crippen LogP) is 4.63. The van der Waals surface area contributed by atoms with Crippen molar-refractivity contribution >= 4 is 17.3 Å². The number of hydrogen-bond donors (Lipinski definition) is 0. The van der Waals surface area contributed by atoms with Crippen LogP contribution >= 0.6 is 11.3 Å². The number of hydrogen-bond acceptors (Lipinski definition) is 6. The SMILES string of the molecule is CCc1ccc(-c2nc(C)c(C(=O)Oc3ccc4c(c3)OCO4)s2)cc1. The van der Waals surface area contributed by atoms with Crippen LogP contribution in [0.5, 0.6) is 17.2 Å². The number of nitrogens with zero attached hydrogens (tertiary/aromatic N) is 1. The summed E-state index contributed by atoms with van der Waals surface area (Å²) in [6.07, 6.45) is 0.990. The van der Waals surface area contributed by atoms with Gasteiger partial charge in [-0.2, -0.15) is 0 Å². The number of fused-ring (bicyclic) bond motifs is 1. The van der Waals surface area contributed by atoms with Crippen molar-refractivity contribution in [3.63, 3.8) is 0 Å². The fourth-order valence-corrected chi connectivity index (χ4v) is 3.63.